The molecule has 8 heteroatoms. The van der Waals surface area contributed by atoms with Crippen LogP contribution in [0.5, 0.6) is 0 Å². The third-order valence-corrected chi connectivity index (χ3v) is 5.57. The van der Waals surface area contributed by atoms with Gasteiger partial charge in [0.05, 0.1) is 0 Å². The van der Waals surface area contributed by atoms with Crippen LogP contribution >= 0.6 is 0 Å². The summed E-state index contributed by atoms with van der Waals surface area (Å²) >= 11 is 0. The Labute approximate surface area is 173 Å². The van der Waals surface area contributed by atoms with Crippen molar-refractivity contribution >= 4 is 16.8 Å². The van der Waals surface area contributed by atoms with Crippen molar-refractivity contribution in [3.05, 3.63) is 58.2 Å². The predicted molar refractivity (Wildman–Crippen MR) is 112 cm³/mol. The van der Waals surface area contributed by atoms with Crippen LogP contribution in [0.15, 0.2) is 35.1 Å². The van der Waals surface area contributed by atoms with Crippen LogP contribution < -0.4 is 11.0 Å². The van der Waals surface area contributed by atoms with Crippen molar-refractivity contribution in [2.45, 2.75) is 58.7 Å². The van der Waals surface area contributed by atoms with E-state index in [1.807, 2.05) is 0 Å². The SMILES string of the molecule is CC(C)CCn1nc2n(c1=O)CCC(NC(=O)c1ccc3cccc(F)c3n1)CC2. The maximum atomic E-state index is 14.0. The van der Waals surface area contributed by atoms with Crippen LogP contribution in [0, 0.1) is 11.7 Å². The summed E-state index contributed by atoms with van der Waals surface area (Å²) < 4.78 is 17.3. The van der Waals surface area contributed by atoms with Gasteiger partial charge in [0.15, 0.2) is 0 Å². The average Bonchev–Trinajstić information content (AvgIpc) is 2.89. The van der Waals surface area contributed by atoms with Gasteiger partial charge in [0.1, 0.15) is 22.9 Å². The number of carbonyl (C=O) groups is 1. The Balaban J connectivity index is 1.43. The first-order valence-corrected chi connectivity index (χ1v) is 10.4. The molecular formula is C22H26FN5O2. The van der Waals surface area contributed by atoms with E-state index in [1.165, 1.54) is 6.07 Å². The highest BCUT2D eigenvalue weighted by Crippen LogP contribution is 2.17. The smallest absolute Gasteiger partial charge is 0.345 e. The quantitative estimate of drug-likeness (QED) is 0.700. The van der Waals surface area contributed by atoms with E-state index in [9.17, 15) is 14.0 Å². The number of aromatic nitrogens is 4. The van der Waals surface area contributed by atoms with Crippen molar-refractivity contribution in [1.82, 2.24) is 24.6 Å². The van der Waals surface area contributed by atoms with Gasteiger partial charge in [0.2, 0.25) is 0 Å². The summed E-state index contributed by atoms with van der Waals surface area (Å²) in [5, 5.41) is 8.14. The summed E-state index contributed by atoms with van der Waals surface area (Å²) in [6.45, 7) is 5.39. The number of nitrogens with one attached hydrogen (secondary N) is 1. The van der Waals surface area contributed by atoms with Gasteiger partial charge in [-0.15, -0.1) is 0 Å². The maximum absolute atomic E-state index is 14.0. The molecule has 4 rings (SSSR count). The maximum Gasteiger partial charge on any atom is 0.345 e. The molecule has 3 heterocycles. The number of para-hydroxylation sites is 1. The lowest BCUT2D eigenvalue weighted by atomic mass is 10.1. The Kier molecular flexibility index (Phi) is 5.65. The fraction of sp³-hybridized carbons (Fsp3) is 0.455. The fourth-order valence-electron chi connectivity index (χ4n) is 3.80. The van der Waals surface area contributed by atoms with Crippen LogP contribution in [-0.2, 0) is 19.5 Å². The molecule has 0 spiro atoms. The normalized spacial score (nSPS) is 16.5. The minimum absolute atomic E-state index is 0.0794. The lowest BCUT2D eigenvalue weighted by Gasteiger charge is -2.16. The molecule has 1 aromatic carbocycles. The highest BCUT2D eigenvalue weighted by atomic mass is 19.1. The van der Waals surface area contributed by atoms with E-state index in [1.54, 1.807) is 33.5 Å². The van der Waals surface area contributed by atoms with Gasteiger partial charge >= 0.3 is 5.69 Å². The number of pyridine rings is 1. The molecule has 0 aliphatic carbocycles. The number of aryl methyl sites for hydroxylation is 2. The zero-order chi connectivity index (χ0) is 21.3. The number of amides is 1. The van der Waals surface area contributed by atoms with E-state index in [0.717, 1.165) is 12.2 Å². The predicted octanol–water partition coefficient (Wildman–Crippen LogP) is 2.91. The zero-order valence-corrected chi connectivity index (χ0v) is 17.3. The number of hydrogen-bond donors (Lipinski definition) is 1. The van der Waals surface area contributed by atoms with Crippen molar-refractivity contribution in [1.29, 1.82) is 0 Å². The summed E-state index contributed by atoms with van der Waals surface area (Å²) in [6, 6.07) is 7.91. The molecule has 1 N–H and O–H groups in total. The second-order valence-corrected chi connectivity index (χ2v) is 8.26. The van der Waals surface area contributed by atoms with Gasteiger partial charge in [-0.05, 0) is 37.3 Å². The van der Waals surface area contributed by atoms with E-state index in [0.29, 0.717) is 43.7 Å². The lowest BCUT2D eigenvalue weighted by molar-refractivity contribution is 0.0928. The van der Waals surface area contributed by atoms with E-state index < -0.39 is 5.82 Å². The molecule has 0 saturated carbocycles. The summed E-state index contributed by atoms with van der Waals surface area (Å²) in [5.74, 6) is 0.497. The first-order valence-electron chi connectivity index (χ1n) is 10.4. The topological polar surface area (TPSA) is 81.8 Å². The van der Waals surface area contributed by atoms with Crippen molar-refractivity contribution in [2.24, 2.45) is 5.92 Å². The molecule has 0 fully saturated rings. The molecule has 1 aliphatic heterocycles. The molecule has 2 aromatic heterocycles. The molecule has 1 amide bonds. The highest BCUT2D eigenvalue weighted by Gasteiger charge is 2.23. The Morgan fingerprint density at radius 3 is 2.90 bits per heavy atom. The minimum atomic E-state index is -0.448. The van der Waals surface area contributed by atoms with Crippen molar-refractivity contribution in [2.75, 3.05) is 0 Å². The first kappa shape index (κ1) is 20.3. The molecule has 3 aromatic rings. The van der Waals surface area contributed by atoms with Gasteiger partial charge in [-0.25, -0.2) is 18.9 Å². The first-order chi connectivity index (χ1) is 14.4. The summed E-state index contributed by atoms with van der Waals surface area (Å²) in [5.41, 5.74) is 0.294. The van der Waals surface area contributed by atoms with E-state index in [4.69, 9.17) is 0 Å². The second-order valence-electron chi connectivity index (χ2n) is 8.26. The van der Waals surface area contributed by atoms with Crippen LogP contribution in [-0.4, -0.2) is 31.3 Å². The Morgan fingerprint density at radius 2 is 2.10 bits per heavy atom. The Morgan fingerprint density at radius 1 is 1.27 bits per heavy atom. The minimum Gasteiger partial charge on any atom is -0.348 e. The molecule has 1 atom stereocenters. The van der Waals surface area contributed by atoms with Gasteiger partial charge in [-0.3, -0.25) is 9.36 Å². The zero-order valence-electron chi connectivity index (χ0n) is 17.3. The number of halogens is 1. The number of carbonyl (C=O) groups excluding carboxylic acids is 1. The number of rotatable bonds is 5. The Hall–Kier alpha value is -3.03. The molecule has 0 radical (unpaired) electrons. The summed E-state index contributed by atoms with van der Waals surface area (Å²) in [4.78, 5) is 29.5. The van der Waals surface area contributed by atoms with Gasteiger partial charge in [0, 0.05) is 30.9 Å². The van der Waals surface area contributed by atoms with Gasteiger partial charge in [-0.2, -0.15) is 5.10 Å². The number of nitrogens with zero attached hydrogens (tertiary/aromatic N) is 4. The number of hydrogen-bond acceptors (Lipinski definition) is 4. The molecule has 1 unspecified atom stereocenters. The third kappa shape index (κ3) is 4.13. The molecule has 1 aliphatic rings. The van der Waals surface area contributed by atoms with Crippen LogP contribution in [0.4, 0.5) is 4.39 Å². The van der Waals surface area contributed by atoms with Crippen molar-refractivity contribution in [3.63, 3.8) is 0 Å². The van der Waals surface area contributed by atoms with Crippen LogP contribution in [0.2, 0.25) is 0 Å². The molecule has 0 saturated heterocycles. The lowest BCUT2D eigenvalue weighted by Crippen LogP contribution is -2.36. The van der Waals surface area contributed by atoms with E-state index in [2.05, 4.69) is 29.2 Å². The van der Waals surface area contributed by atoms with Gasteiger partial charge in [-0.1, -0.05) is 32.0 Å². The Bertz CT molecular complexity index is 1130. The molecule has 158 valence electrons. The standard InChI is InChI=1S/C22H26FN5O2/c1-14(2)10-13-28-22(30)27-12-11-16(7-9-19(27)26-28)24-21(29)18-8-6-15-4-3-5-17(23)20(15)25-18/h3-6,8,14,16H,7,9-13H2,1-2H3,(H,24,29). The number of benzene rings is 1. The largest absolute Gasteiger partial charge is 0.348 e. The van der Waals surface area contributed by atoms with E-state index >= 15 is 0 Å². The van der Waals surface area contributed by atoms with Crippen LogP contribution in [0.3, 0.4) is 0 Å². The highest BCUT2D eigenvalue weighted by molar-refractivity contribution is 5.95. The van der Waals surface area contributed by atoms with E-state index in [-0.39, 0.29) is 28.8 Å². The van der Waals surface area contributed by atoms with Gasteiger partial charge < -0.3 is 5.32 Å². The second kappa shape index (κ2) is 8.38. The monoisotopic (exact) mass is 411 g/mol. The van der Waals surface area contributed by atoms with Crippen molar-refractivity contribution < 1.29 is 9.18 Å². The molecule has 30 heavy (non-hydrogen) atoms. The summed E-state index contributed by atoms with van der Waals surface area (Å²) in [6.07, 6.45) is 2.85. The molecule has 7 nitrogen and oxygen atoms in total. The average molecular weight is 411 g/mol. The van der Waals surface area contributed by atoms with Crippen molar-refractivity contribution in [3.8, 4) is 0 Å². The van der Waals surface area contributed by atoms with Crippen LogP contribution in [0.25, 0.3) is 10.9 Å². The number of fused-ring (bicyclic) bond motifs is 2. The molecular weight excluding hydrogens is 385 g/mol. The van der Waals surface area contributed by atoms with Crippen LogP contribution in [0.1, 0.15) is 49.4 Å². The molecule has 0 bridgehead atoms. The third-order valence-electron chi connectivity index (χ3n) is 5.57. The van der Waals surface area contributed by atoms with Gasteiger partial charge in [0.25, 0.3) is 5.91 Å². The fourth-order valence-corrected chi connectivity index (χ4v) is 3.80. The summed E-state index contributed by atoms with van der Waals surface area (Å²) in [7, 11) is 0.